The first-order chi connectivity index (χ1) is 25.4. The molecular formula is C48H41N3O2Pt-2. The fourth-order valence-electron chi connectivity index (χ4n) is 7.68. The van der Waals surface area contributed by atoms with Crippen LogP contribution >= 0.6 is 0 Å². The number of rotatable bonds is 5. The van der Waals surface area contributed by atoms with E-state index >= 15 is 0 Å². The van der Waals surface area contributed by atoms with Gasteiger partial charge in [-0.3, -0.25) is 9.55 Å². The first-order valence-electron chi connectivity index (χ1n) is 18.2. The van der Waals surface area contributed by atoms with Gasteiger partial charge in [-0.1, -0.05) is 126 Å². The van der Waals surface area contributed by atoms with Crippen molar-refractivity contribution in [3.05, 3.63) is 157 Å². The topological polar surface area (TPSA) is 44.1 Å². The molecule has 0 saturated carbocycles. The van der Waals surface area contributed by atoms with Crippen LogP contribution in [-0.4, -0.2) is 9.55 Å². The molecule has 0 amide bonds. The van der Waals surface area contributed by atoms with Gasteiger partial charge in [-0.15, -0.1) is 23.8 Å². The van der Waals surface area contributed by atoms with E-state index in [1.807, 2.05) is 42.6 Å². The van der Waals surface area contributed by atoms with Crippen LogP contribution in [0.1, 0.15) is 65.3 Å². The summed E-state index contributed by atoms with van der Waals surface area (Å²) in [5, 5.41) is 2.08. The number of benzene rings is 5. The zero-order valence-corrected chi connectivity index (χ0v) is 33.8. The third kappa shape index (κ3) is 5.72. The van der Waals surface area contributed by atoms with Gasteiger partial charge in [0, 0.05) is 56.1 Å². The summed E-state index contributed by atoms with van der Waals surface area (Å²) >= 11 is 0. The molecule has 1 aliphatic heterocycles. The van der Waals surface area contributed by atoms with E-state index in [9.17, 15) is 0 Å². The SMILES string of the molecule is CC(C)(C)c1ccnc(-c2ccccc2-c2ccccc2-[n+]2[c-]n3c(c2)C(C)(C)C(C)(C)c2ccc(Oc4[c-]c5oc6ccccc6c5cc4)[c-]c2-3)c1.[Pt]. The Labute approximate surface area is 331 Å². The predicted octanol–water partition coefficient (Wildman–Crippen LogP) is 11.4. The molecule has 8 aromatic rings. The molecule has 4 heterocycles. The van der Waals surface area contributed by atoms with Gasteiger partial charge in [0.05, 0.1) is 17.1 Å². The second-order valence-corrected chi connectivity index (χ2v) is 16.2. The van der Waals surface area contributed by atoms with E-state index in [0.29, 0.717) is 17.1 Å². The maximum Gasteiger partial charge on any atom is 0.267 e. The van der Waals surface area contributed by atoms with Gasteiger partial charge in [0.1, 0.15) is 5.58 Å². The Balaban J connectivity index is 0.00000413. The van der Waals surface area contributed by atoms with Gasteiger partial charge in [0.15, 0.2) is 0 Å². The van der Waals surface area contributed by atoms with Crippen molar-refractivity contribution in [2.75, 3.05) is 0 Å². The number of ether oxygens (including phenoxy) is 1. The molecular weight excluding hydrogens is 846 g/mol. The normalized spacial score (nSPS) is 14.4. The zero-order chi connectivity index (χ0) is 36.7. The van der Waals surface area contributed by atoms with E-state index in [1.54, 1.807) is 0 Å². The second-order valence-electron chi connectivity index (χ2n) is 16.2. The quantitative estimate of drug-likeness (QED) is 0.128. The molecule has 1 aliphatic rings. The molecule has 54 heavy (non-hydrogen) atoms. The van der Waals surface area contributed by atoms with Crippen LogP contribution in [0.15, 0.2) is 126 Å². The third-order valence-corrected chi connectivity index (χ3v) is 11.5. The molecule has 272 valence electrons. The molecule has 0 bridgehead atoms. The molecule has 0 N–H and O–H groups in total. The van der Waals surface area contributed by atoms with Crippen molar-refractivity contribution in [2.45, 2.75) is 64.7 Å². The van der Waals surface area contributed by atoms with E-state index in [2.05, 4.69) is 155 Å². The van der Waals surface area contributed by atoms with Crippen molar-refractivity contribution < 1.29 is 34.8 Å². The zero-order valence-electron chi connectivity index (χ0n) is 31.5. The molecule has 5 nitrogen and oxygen atoms in total. The summed E-state index contributed by atoms with van der Waals surface area (Å²) in [4.78, 5) is 4.85. The number of nitrogens with zero attached hydrogens (tertiary/aromatic N) is 3. The van der Waals surface area contributed by atoms with Gasteiger partial charge in [0.2, 0.25) is 0 Å². The first kappa shape index (κ1) is 35.8. The van der Waals surface area contributed by atoms with Crippen molar-refractivity contribution >= 4 is 21.9 Å². The summed E-state index contributed by atoms with van der Waals surface area (Å²) in [6, 6.07) is 44.6. The van der Waals surface area contributed by atoms with Crippen molar-refractivity contribution in [1.82, 2.24) is 9.55 Å². The Morgan fingerprint density at radius 3 is 2.20 bits per heavy atom. The van der Waals surface area contributed by atoms with E-state index in [4.69, 9.17) is 14.1 Å². The minimum absolute atomic E-state index is 0. The number of aromatic nitrogens is 3. The Morgan fingerprint density at radius 2 is 1.41 bits per heavy atom. The van der Waals surface area contributed by atoms with Crippen LogP contribution in [0.3, 0.4) is 0 Å². The summed E-state index contributed by atoms with van der Waals surface area (Å²) in [7, 11) is 0. The molecule has 0 saturated heterocycles. The van der Waals surface area contributed by atoms with Crippen LogP contribution in [0.4, 0.5) is 0 Å². The molecule has 6 heteroatoms. The average Bonchev–Trinajstić information content (AvgIpc) is 3.77. The van der Waals surface area contributed by atoms with E-state index in [1.165, 1.54) is 11.1 Å². The average molecular weight is 887 g/mol. The number of fused-ring (bicyclic) bond motifs is 6. The van der Waals surface area contributed by atoms with Gasteiger partial charge in [-0.2, -0.15) is 12.1 Å². The third-order valence-electron chi connectivity index (χ3n) is 11.5. The molecule has 0 spiro atoms. The Morgan fingerprint density at radius 1 is 0.722 bits per heavy atom. The van der Waals surface area contributed by atoms with Gasteiger partial charge in [-0.25, -0.2) is 0 Å². The molecule has 0 unspecified atom stereocenters. The van der Waals surface area contributed by atoms with Crippen LogP contribution in [0, 0.1) is 18.5 Å². The molecule has 0 aliphatic carbocycles. The van der Waals surface area contributed by atoms with Gasteiger partial charge >= 0.3 is 0 Å². The van der Waals surface area contributed by atoms with Crippen molar-refractivity contribution in [3.63, 3.8) is 0 Å². The smallest absolute Gasteiger partial charge is 0.267 e. The van der Waals surface area contributed by atoms with Crippen LogP contribution in [0.5, 0.6) is 11.5 Å². The Hall–Kier alpha value is -5.25. The summed E-state index contributed by atoms with van der Waals surface area (Å²) in [6.45, 7) is 16.0. The minimum atomic E-state index is -0.234. The maximum atomic E-state index is 6.43. The number of para-hydroxylation sites is 2. The Kier molecular flexibility index (Phi) is 8.58. The number of pyridine rings is 1. The molecule has 5 aromatic carbocycles. The summed E-state index contributed by atoms with van der Waals surface area (Å²) in [5.41, 5.74) is 10.9. The van der Waals surface area contributed by atoms with Gasteiger partial charge in [-0.05, 0) is 62.9 Å². The number of furan rings is 1. The molecule has 3 aromatic heterocycles. The van der Waals surface area contributed by atoms with Gasteiger partial charge < -0.3 is 13.7 Å². The number of hydrogen-bond acceptors (Lipinski definition) is 3. The largest absolute Gasteiger partial charge is 0.510 e. The van der Waals surface area contributed by atoms with E-state index < -0.39 is 0 Å². The van der Waals surface area contributed by atoms with Crippen molar-refractivity contribution in [1.29, 1.82) is 0 Å². The summed E-state index contributed by atoms with van der Waals surface area (Å²) in [6.07, 6.45) is 7.89. The van der Waals surface area contributed by atoms with Crippen LogP contribution < -0.4 is 9.30 Å². The first-order valence-corrected chi connectivity index (χ1v) is 18.2. The number of imidazole rings is 1. The second kappa shape index (κ2) is 13.0. The van der Waals surface area contributed by atoms with Crippen LogP contribution in [0.25, 0.3) is 55.7 Å². The standard InChI is InChI=1S/C48H41N3O2.Pt/c1-46(2,3)31-24-25-49-40(26-31)35-15-9-8-14-34(35)36-16-10-12-18-41(36)50-29-45-48(6,7)47(4,5)39-23-21-32(27-42(39)51(45)30-50)52-33-20-22-38-37-17-11-13-19-43(37)53-44(38)28-33;/h8-26,29H,1-7H3;/q-2;. The summed E-state index contributed by atoms with van der Waals surface area (Å²) in [5.74, 6) is 1.18. The summed E-state index contributed by atoms with van der Waals surface area (Å²) < 4.78 is 16.8. The van der Waals surface area contributed by atoms with E-state index in [0.717, 1.165) is 55.8 Å². The fourth-order valence-corrected chi connectivity index (χ4v) is 7.68. The molecule has 0 fully saturated rings. The van der Waals surface area contributed by atoms with Gasteiger partial charge in [0.25, 0.3) is 6.33 Å². The predicted molar refractivity (Wildman–Crippen MR) is 211 cm³/mol. The van der Waals surface area contributed by atoms with E-state index in [-0.39, 0.29) is 37.3 Å². The Bertz CT molecular complexity index is 2710. The minimum Gasteiger partial charge on any atom is -0.510 e. The maximum absolute atomic E-state index is 6.43. The number of hydrogen-bond donors (Lipinski definition) is 0. The monoisotopic (exact) mass is 886 g/mol. The molecule has 0 atom stereocenters. The van der Waals surface area contributed by atoms with Crippen molar-refractivity contribution in [2.24, 2.45) is 0 Å². The van der Waals surface area contributed by atoms with Crippen molar-refractivity contribution in [3.8, 4) is 45.3 Å². The molecule has 0 radical (unpaired) electrons. The molecule has 9 rings (SSSR count). The van der Waals surface area contributed by atoms with Crippen LogP contribution in [0.2, 0.25) is 0 Å². The van der Waals surface area contributed by atoms with Crippen LogP contribution in [-0.2, 0) is 37.3 Å². The fraction of sp³-hybridized carbons (Fsp3) is 0.208.